The van der Waals surface area contributed by atoms with Gasteiger partial charge in [-0.3, -0.25) is 4.79 Å². The van der Waals surface area contributed by atoms with Crippen molar-refractivity contribution in [2.24, 2.45) is 5.92 Å². The summed E-state index contributed by atoms with van der Waals surface area (Å²) in [5.41, 5.74) is 1.07. The second-order valence-corrected chi connectivity index (χ2v) is 6.33. The summed E-state index contributed by atoms with van der Waals surface area (Å²) in [6.45, 7) is 0.438. The van der Waals surface area contributed by atoms with Crippen molar-refractivity contribution in [1.82, 2.24) is 4.98 Å². The first-order chi connectivity index (χ1) is 12.2. The Labute approximate surface area is 147 Å². The number of carbonyl (C=O) groups excluding carboxylic acids is 1. The van der Waals surface area contributed by atoms with Crippen LogP contribution >= 0.6 is 0 Å². The number of carbonyl (C=O) groups is 1. The first-order valence-corrected chi connectivity index (χ1v) is 8.60. The smallest absolute Gasteiger partial charge is 0.216 e. The molecule has 0 N–H and O–H groups in total. The number of methoxy groups -OCH3 is 1. The molecule has 1 fully saturated rings. The number of nitrogens with zero attached hydrogens (tertiary/aromatic N) is 1. The van der Waals surface area contributed by atoms with Crippen LogP contribution in [0.15, 0.2) is 36.5 Å². The van der Waals surface area contributed by atoms with E-state index in [2.05, 4.69) is 4.98 Å². The van der Waals surface area contributed by atoms with Crippen LogP contribution in [-0.4, -0.2) is 25.0 Å². The SMILES string of the molecule is COc1ncccc1C1CCCCC1COc1cccc(F)c1C=O. The summed E-state index contributed by atoms with van der Waals surface area (Å²) >= 11 is 0. The molecule has 132 valence electrons. The number of rotatable bonds is 6. The lowest BCUT2D eigenvalue weighted by atomic mass is 9.76. The second kappa shape index (κ2) is 8.10. The number of aromatic nitrogens is 1. The van der Waals surface area contributed by atoms with Crippen molar-refractivity contribution < 1.29 is 18.7 Å². The zero-order valence-corrected chi connectivity index (χ0v) is 14.3. The third-order valence-electron chi connectivity index (χ3n) is 4.89. The minimum Gasteiger partial charge on any atom is -0.492 e. The van der Waals surface area contributed by atoms with E-state index in [1.165, 1.54) is 6.07 Å². The molecule has 1 aromatic carbocycles. The first kappa shape index (κ1) is 17.4. The lowest BCUT2D eigenvalue weighted by Crippen LogP contribution is -2.24. The molecular weight excluding hydrogens is 321 g/mol. The molecule has 0 aliphatic heterocycles. The summed E-state index contributed by atoms with van der Waals surface area (Å²) in [4.78, 5) is 15.4. The number of pyridine rings is 1. The minimum atomic E-state index is -0.554. The monoisotopic (exact) mass is 343 g/mol. The molecule has 1 saturated carbocycles. The Bertz CT molecular complexity index is 735. The summed E-state index contributed by atoms with van der Waals surface area (Å²) < 4.78 is 25.0. The maximum absolute atomic E-state index is 13.7. The predicted molar refractivity (Wildman–Crippen MR) is 92.8 cm³/mol. The van der Waals surface area contributed by atoms with Gasteiger partial charge in [0, 0.05) is 17.7 Å². The van der Waals surface area contributed by atoms with Crippen molar-refractivity contribution >= 4 is 6.29 Å². The summed E-state index contributed by atoms with van der Waals surface area (Å²) in [7, 11) is 1.63. The molecule has 0 radical (unpaired) electrons. The van der Waals surface area contributed by atoms with E-state index in [9.17, 15) is 9.18 Å². The first-order valence-electron chi connectivity index (χ1n) is 8.60. The fourth-order valence-corrected chi connectivity index (χ4v) is 3.63. The molecule has 1 aliphatic rings. The Morgan fingerprint density at radius 3 is 2.88 bits per heavy atom. The van der Waals surface area contributed by atoms with Crippen LogP contribution in [0.5, 0.6) is 11.6 Å². The Morgan fingerprint density at radius 2 is 2.08 bits per heavy atom. The van der Waals surface area contributed by atoms with E-state index in [4.69, 9.17) is 9.47 Å². The van der Waals surface area contributed by atoms with Gasteiger partial charge in [-0.2, -0.15) is 0 Å². The fraction of sp³-hybridized carbons (Fsp3) is 0.400. The molecule has 0 spiro atoms. The molecule has 4 nitrogen and oxygen atoms in total. The van der Waals surface area contributed by atoms with Crippen molar-refractivity contribution in [1.29, 1.82) is 0 Å². The summed E-state index contributed by atoms with van der Waals surface area (Å²) in [5.74, 6) is 0.957. The molecule has 1 aliphatic carbocycles. The maximum atomic E-state index is 13.7. The van der Waals surface area contributed by atoms with E-state index in [-0.39, 0.29) is 17.4 Å². The molecule has 2 unspecified atom stereocenters. The summed E-state index contributed by atoms with van der Waals surface area (Å²) in [6.07, 6.45) is 6.58. The molecule has 1 heterocycles. The van der Waals surface area contributed by atoms with Gasteiger partial charge in [-0.1, -0.05) is 25.0 Å². The lowest BCUT2D eigenvalue weighted by molar-refractivity contribution is 0.111. The third-order valence-corrected chi connectivity index (χ3v) is 4.89. The summed E-state index contributed by atoms with van der Waals surface area (Å²) in [5, 5.41) is 0. The Kier molecular flexibility index (Phi) is 5.64. The zero-order valence-electron chi connectivity index (χ0n) is 14.3. The number of ether oxygens (including phenoxy) is 2. The van der Waals surface area contributed by atoms with Gasteiger partial charge in [-0.15, -0.1) is 0 Å². The normalized spacial score (nSPS) is 20.1. The number of halogens is 1. The number of hydrogen-bond donors (Lipinski definition) is 0. The van der Waals surface area contributed by atoms with E-state index >= 15 is 0 Å². The van der Waals surface area contributed by atoms with Crippen LogP contribution in [0.1, 0.15) is 47.5 Å². The van der Waals surface area contributed by atoms with E-state index in [0.717, 1.165) is 31.2 Å². The van der Waals surface area contributed by atoms with Gasteiger partial charge >= 0.3 is 0 Å². The van der Waals surface area contributed by atoms with Gasteiger partial charge in [-0.05, 0) is 37.0 Å². The van der Waals surface area contributed by atoms with Crippen LogP contribution in [0, 0.1) is 11.7 Å². The predicted octanol–water partition coefficient (Wildman–Crippen LogP) is 4.39. The van der Waals surface area contributed by atoms with Crippen LogP contribution in [-0.2, 0) is 0 Å². The average molecular weight is 343 g/mol. The number of aldehydes is 1. The Balaban J connectivity index is 1.78. The van der Waals surface area contributed by atoms with Gasteiger partial charge in [0.2, 0.25) is 5.88 Å². The Morgan fingerprint density at radius 1 is 1.24 bits per heavy atom. The largest absolute Gasteiger partial charge is 0.492 e. The highest BCUT2D eigenvalue weighted by atomic mass is 19.1. The number of benzene rings is 1. The van der Waals surface area contributed by atoms with Gasteiger partial charge in [-0.25, -0.2) is 9.37 Å². The van der Waals surface area contributed by atoms with Crippen LogP contribution < -0.4 is 9.47 Å². The zero-order chi connectivity index (χ0) is 17.6. The van der Waals surface area contributed by atoms with Crippen molar-refractivity contribution in [3.63, 3.8) is 0 Å². The second-order valence-electron chi connectivity index (χ2n) is 6.33. The highest BCUT2D eigenvalue weighted by molar-refractivity contribution is 5.79. The highest BCUT2D eigenvalue weighted by Gasteiger charge is 2.30. The van der Waals surface area contributed by atoms with Crippen LogP contribution in [0.2, 0.25) is 0 Å². The highest BCUT2D eigenvalue weighted by Crippen LogP contribution is 2.41. The summed E-state index contributed by atoms with van der Waals surface area (Å²) in [6, 6.07) is 8.42. The van der Waals surface area contributed by atoms with Crippen molar-refractivity contribution in [3.05, 3.63) is 53.5 Å². The molecule has 1 aromatic heterocycles. The molecule has 0 saturated heterocycles. The Hall–Kier alpha value is -2.43. The third kappa shape index (κ3) is 3.81. The molecule has 2 atom stereocenters. The van der Waals surface area contributed by atoms with Crippen molar-refractivity contribution in [3.8, 4) is 11.6 Å². The van der Waals surface area contributed by atoms with E-state index in [1.54, 1.807) is 25.4 Å². The van der Waals surface area contributed by atoms with Gasteiger partial charge < -0.3 is 9.47 Å². The van der Waals surface area contributed by atoms with Crippen LogP contribution in [0.3, 0.4) is 0 Å². The average Bonchev–Trinajstić information content (AvgIpc) is 2.66. The molecule has 5 heteroatoms. The van der Waals surface area contributed by atoms with E-state index in [1.807, 2.05) is 12.1 Å². The van der Waals surface area contributed by atoms with Gasteiger partial charge in [0.1, 0.15) is 11.6 Å². The van der Waals surface area contributed by atoms with Gasteiger partial charge in [0.05, 0.1) is 19.3 Å². The molecule has 0 bridgehead atoms. The van der Waals surface area contributed by atoms with Crippen LogP contribution in [0.25, 0.3) is 0 Å². The fourth-order valence-electron chi connectivity index (χ4n) is 3.63. The van der Waals surface area contributed by atoms with Crippen molar-refractivity contribution in [2.45, 2.75) is 31.6 Å². The quantitative estimate of drug-likeness (QED) is 0.730. The lowest BCUT2D eigenvalue weighted by Gasteiger charge is -2.32. The molecule has 0 amide bonds. The van der Waals surface area contributed by atoms with Crippen LogP contribution in [0.4, 0.5) is 4.39 Å². The molecule has 25 heavy (non-hydrogen) atoms. The van der Waals surface area contributed by atoms with E-state index < -0.39 is 5.82 Å². The van der Waals surface area contributed by atoms with Gasteiger partial charge in [0.25, 0.3) is 0 Å². The van der Waals surface area contributed by atoms with Gasteiger partial charge in [0.15, 0.2) is 6.29 Å². The number of hydrogen-bond acceptors (Lipinski definition) is 4. The standard InChI is InChI=1S/C20H22FNO3/c1-24-20-16(8-5-11-22-20)15-7-3-2-6-14(15)13-25-19-10-4-9-18(21)17(19)12-23/h4-5,8-12,14-15H,2-3,6-7,13H2,1H3. The molecule has 2 aromatic rings. The maximum Gasteiger partial charge on any atom is 0.216 e. The molecule has 3 rings (SSSR count). The van der Waals surface area contributed by atoms with Crippen molar-refractivity contribution in [2.75, 3.05) is 13.7 Å². The minimum absolute atomic E-state index is 0.0196. The topological polar surface area (TPSA) is 48.4 Å². The van der Waals surface area contributed by atoms with E-state index in [0.29, 0.717) is 24.5 Å². The molecular formula is C20H22FNO3.